The summed E-state index contributed by atoms with van der Waals surface area (Å²) in [6.07, 6.45) is 3.08. The van der Waals surface area contributed by atoms with Crippen LogP contribution in [0.15, 0.2) is 42.5 Å². The first kappa shape index (κ1) is 19.7. The molecule has 1 saturated heterocycles. The van der Waals surface area contributed by atoms with Crippen molar-refractivity contribution in [1.29, 1.82) is 0 Å². The third-order valence-electron chi connectivity index (χ3n) is 5.30. The summed E-state index contributed by atoms with van der Waals surface area (Å²) < 4.78 is 0. The second-order valence-corrected chi connectivity index (χ2v) is 7.18. The number of hydrogen-bond donors (Lipinski definition) is 2. The SMILES string of the molecule is CC(NC(=O)CC(C)C1CCCNC1)c1ccc2ccccc2c1.Cl. The lowest BCUT2D eigenvalue weighted by atomic mass is 9.85. The Balaban J connectivity index is 0.00000225. The molecule has 1 fully saturated rings. The molecule has 2 N–H and O–H groups in total. The summed E-state index contributed by atoms with van der Waals surface area (Å²) in [6, 6.07) is 14.8. The molecular formula is C21H29ClN2O. The number of amides is 1. The van der Waals surface area contributed by atoms with Crippen molar-refractivity contribution >= 4 is 29.1 Å². The van der Waals surface area contributed by atoms with E-state index in [9.17, 15) is 4.79 Å². The summed E-state index contributed by atoms with van der Waals surface area (Å²) in [5.74, 6) is 1.22. The van der Waals surface area contributed by atoms with Gasteiger partial charge in [0.05, 0.1) is 6.04 Å². The van der Waals surface area contributed by atoms with Gasteiger partial charge in [0.2, 0.25) is 5.91 Å². The zero-order valence-corrected chi connectivity index (χ0v) is 15.9. The van der Waals surface area contributed by atoms with Gasteiger partial charge in [0.1, 0.15) is 0 Å². The zero-order valence-electron chi connectivity index (χ0n) is 15.1. The average Bonchev–Trinajstić information content (AvgIpc) is 2.61. The quantitative estimate of drug-likeness (QED) is 0.826. The first-order valence-corrected chi connectivity index (χ1v) is 9.12. The van der Waals surface area contributed by atoms with E-state index in [2.05, 4.69) is 66.9 Å². The van der Waals surface area contributed by atoms with Crippen LogP contribution in [0.3, 0.4) is 0 Å². The van der Waals surface area contributed by atoms with E-state index in [1.807, 2.05) is 0 Å². The molecule has 3 atom stereocenters. The molecule has 0 aromatic heterocycles. The molecule has 2 aromatic rings. The molecule has 0 aliphatic carbocycles. The van der Waals surface area contributed by atoms with Crippen molar-refractivity contribution < 1.29 is 4.79 Å². The fraction of sp³-hybridized carbons (Fsp3) is 0.476. The lowest BCUT2D eigenvalue weighted by molar-refractivity contribution is -0.123. The summed E-state index contributed by atoms with van der Waals surface area (Å²) in [5, 5.41) is 9.07. The van der Waals surface area contributed by atoms with Gasteiger partial charge in [-0.25, -0.2) is 0 Å². The maximum absolute atomic E-state index is 12.4. The predicted octanol–water partition coefficient (Wildman–Crippen LogP) is 4.46. The van der Waals surface area contributed by atoms with Gasteiger partial charge in [-0.05, 0) is 67.1 Å². The van der Waals surface area contributed by atoms with Crippen molar-refractivity contribution in [3.63, 3.8) is 0 Å². The number of rotatable bonds is 5. The fourth-order valence-corrected chi connectivity index (χ4v) is 3.68. The van der Waals surface area contributed by atoms with Crippen LogP contribution < -0.4 is 10.6 Å². The van der Waals surface area contributed by atoms with Crippen LogP contribution >= 0.6 is 12.4 Å². The molecule has 4 heteroatoms. The lowest BCUT2D eigenvalue weighted by Gasteiger charge is -2.28. The molecule has 1 amide bonds. The molecule has 0 saturated carbocycles. The van der Waals surface area contributed by atoms with E-state index >= 15 is 0 Å². The smallest absolute Gasteiger partial charge is 0.220 e. The summed E-state index contributed by atoms with van der Waals surface area (Å²) in [6.45, 7) is 6.44. The topological polar surface area (TPSA) is 41.1 Å². The van der Waals surface area contributed by atoms with Crippen molar-refractivity contribution in [2.24, 2.45) is 11.8 Å². The molecule has 1 aliphatic rings. The number of carbonyl (C=O) groups excluding carboxylic acids is 1. The van der Waals surface area contributed by atoms with Gasteiger partial charge in [-0.2, -0.15) is 0 Å². The Bertz CT molecular complexity index is 697. The molecule has 3 unspecified atom stereocenters. The summed E-state index contributed by atoms with van der Waals surface area (Å²) >= 11 is 0. The molecule has 0 radical (unpaired) electrons. The van der Waals surface area contributed by atoms with Crippen molar-refractivity contribution in [2.45, 2.75) is 39.2 Å². The lowest BCUT2D eigenvalue weighted by Crippen LogP contribution is -2.36. The monoisotopic (exact) mass is 360 g/mol. The van der Waals surface area contributed by atoms with E-state index in [4.69, 9.17) is 0 Å². The number of benzene rings is 2. The Morgan fingerprint density at radius 3 is 2.68 bits per heavy atom. The van der Waals surface area contributed by atoms with Gasteiger partial charge in [0.15, 0.2) is 0 Å². The molecule has 3 nitrogen and oxygen atoms in total. The van der Waals surface area contributed by atoms with Crippen molar-refractivity contribution in [2.75, 3.05) is 13.1 Å². The highest BCUT2D eigenvalue weighted by Crippen LogP contribution is 2.24. The van der Waals surface area contributed by atoms with Crippen LogP contribution in [0.5, 0.6) is 0 Å². The third-order valence-corrected chi connectivity index (χ3v) is 5.30. The second kappa shape index (κ2) is 9.21. The van der Waals surface area contributed by atoms with Crippen LogP contribution in [0.2, 0.25) is 0 Å². The number of fused-ring (bicyclic) bond motifs is 1. The van der Waals surface area contributed by atoms with Gasteiger partial charge >= 0.3 is 0 Å². The Morgan fingerprint density at radius 1 is 1.20 bits per heavy atom. The largest absolute Gasteiger partial charge is 0.350 e. The number of piperidine rings is 1. The van der Waals surface area contributed by atoms with Crippen LogP contribution in [0.1, 0.15) is 44.7 Å². The molecule has 136 valence electrons. The number of halogens is 1. The Kier molecular flexibility index (Phi) is 7.27. The molecule has 2 aromatic carbocycles. The van der Waals surface area contributed by atoms with E-state index in [0.29, 0.717) is 18.3 Å². The third kappa shape index (κ3) is 5.20. The Hall–Kier alpha value is -1.58. The Morgan fingerprint density at radius 2 is 1.96 bits per heavy atom. The van der Waals surface area contributed by atoms with Crippen molar-refractivity contribution in [3.8, 4) is 0 Å². The summed E-state index contributed by atoms with van der Waals surface area (Å²) in [7, 11) is 0. The Labute approximate surface area is 157 Å². The molecule has 0 bridgehead atoms. The molecule has 1 heterocycles. The molecule has 1 aliphatic heterocycles. The van der Waals surface area contributed by atoms with Crippen LogP contribution in [0.25, 0.3) is 10.8 Å². The van der Waals surface area contributed by atoms with Crippen LogP contribution in [-0.4, -0.2) is 19.0 Å². The first-order chi connectivity index (χ1) is 11.6. The maximum Gasteiger partial charge on any atom is 0.220 e. The number of carbonyl (C=O) groups is 1. The van der Waals surface area contributed by atoms with E-state index in [1.54, 1.807) is 0 Å². The van der Waals surface area contributed by atoms with Gasteiger partial charge in [-0.3, -0.25) is 4.79 Å². The maximum atomic E-state index is 12.4. The van der Waals surface area contributed by atoms with E-state index in [0.717, 1.165) is 18.7 Å². The van der Waals surface area contributed by atoms with Gasteiger partial charge in [-0.1, -0.05) is 43.3 Å². The minimum absolute atomic E-state index is 0. The van der Waals surface area contributed by atoms with Crippen LogP contribution in [-0.2, 0) is 4.79 Å². The fourth-order valence-electron chi connectivity index (χ4n) is 3.68. The standard InChI is InChI=1S/C21H28N2O.ClH/c1-15(20-8-5-11-22-14-20)12-21(24)23-16(2)18-10-9-17-6-3-4-7-19(17)13-18;/h3-4,6-7,9-10,13,15-16,20,22H,5,8,11-12,14H2,1-2H3,(H,23,24);1H. The first-order valence-electron chi connectivity index (χ1n) is 9.12. The average molecular weight is 361 g/mol. The highest BCUT2D eigenvalue weighted by Gasteiger charge is 2.22. The normalized spacial score (nSPS) is 19.7. The molecule has 25 heavy (non-hydrogen) atoms. The van der Waals surface area contributed by atoms with Crippen molar-refractivity contribution in [3.05, 3.63) is 48.0 Å². The van der Waals surface area contributed by atoms with Gasteiger partial charge < -0.3 is 10.6 Å². The van der Waals surface area contributed by atoms with E-state index in [-0.39, 0.29) is 24.4 Å². The molecule has 0 spiro atoms. The second-order valence-electron chi connectivity index (χ2n) is 7.18. The molecular weight excluding hydrogens is 332 g/mol. The minimum atomic E-state index is 0. The summed E-state index contributed by atoms with van der Waals surface area (Å²) in [4.78, 5) is 12.4. The minimum Gasteiger partial charge on any atom is -0.350 e. The highest BCUT2D eigenvalue weighted by molar-refractivity contribution is 5.85. The van der Waals surface area contributed by atoms with Gasteiger partial charge in [-0.15, -0.1) is 12.4 Å². The van der Waals surface area contributed by atoms with E-state index < -0.39 is 0 Å². The number of nitrogens with one attached hydrogen (secondary N) is 2. The number of hydrogen-bond acceptors (Lipinski definition) is 2. The highest BCUT2D eigenvalue weighted by atomic mass is 35.5. The van der Waals surface area contributed by atoms with Gasteiger partial charge in [0, 0.05) is 6.42 Å². The van der Waals surface area contributed by atoms with Crippen molar-refractivity contribution in [1.82, 2.24) is 10.6 Å². The van der Waals surface area contributed by atoms with Gasteiger partial charge in [0.25, 0.3) is 0 Å². The van der Waals surface area contributed by atoms with E-state index in [1.165, 1.54) is 23.6 Å². The molecule has 3 rings (SSSR count). The zero-order chi connectivity index (χ0) is 16.9. The summed E-state index contributed by atoms with van der Waals surface area (Å²) in [5.41, 5.74) is 1.16. The predicted molar refractivity (Wildman–Crippen MR) is 107 cm³/mol. The van der Waals surface area contributed by atoms with Crippen LogP contribution in [0, 0.1) is 11.8 Å². The van der Waals surface area contributed by atoms with Crippen LogP contribution in [0.4, 0.5) is 0 Å².